The van der Waals surface area contributed by atoms with E-state index in [4.69, 9.17) is 0 Å². The van der Waals surface area contributed by atoms with Crippen LogP contribution in [0, 0.1) is 0 Å². The molecule has 100 valence electrons. The zero-order valence-corrected chi connectivity index (χ0v) is 10.6. The van der Waals surface area contributed by atoms with E-state index < -0.39 is 11.0 Å². The molecule has 0 fully saturated rings. The minimum Gasteiger partial charge on any atom is -0.355 e. The summed E-state index contributed by atoms with van der Waals surface area (Å²) in [6, 6.07) is 1.21. The fourth-order valence-electron chi connectivity index (χ4n) is 1.35. The van der Waals surface area contributed by atoms with Crippen LogP contribution in [-0.4, -0.2) is 48.2 Å². The van der Waals surface area contributed by atoms with Gasteiger partial charge in [0.05, 0.1) is 0 Å². The normalized spacial score (nSPS) is 10.6. The van der Waals surface area contributed by atoms with Gasteiger partial charge in [-0.1, -0.05) is 0 Å². The van der Waals surface area contributed by atoms with Crippen LogP contribution in [0.1, 0.15) is 12.1 Å². The van der Waals surface area contributed by atoms with E-state index >= 15 is 0 Å². The van der Waals surface area contributed by atoms with Gasteiger partial charge in [-0.15, -0.1) is 0 Å². The van der Waals surface area contributed by atoms with E-state index in [9.17, 15) is 14.4 Å². The second-order valence-corrected chi connectivity index (χ2v) is 4.27. The lowest BCUT2D eigenvalue weighted by atomic mass is 10.2. The summed E-state index contributed by atoms with van der Waals surface area (Å²) in [5, 5.41) is 7.57. The maximum Gasteiger partial charge on any atom is 0.310 e. The summed E-state index contributed by atoms with van der Waals surface area (Å²) in [6.07, 6.45) is 0.662. The third-order valence-electron chi connectivity index (χ3n) is 2.37. The Morgan fingerprint density at radius 3 is 2.67 bits per heavy atom. The highest BCUT2D eigenvalue weighted by atomic mass is 16.2. The van der Waals surface area contributed by atoms with Gasteiger partial charge in [0.25, 0.3) is 0 Å². The molecule has 1 aromatic rings. The van der Waals surface area contributed by atoms with E-state index in [-0.39, 0.29) is 12.3 Å². The Balaban J connectivity index is 2.36. The van der Waals surface area contributed by atoms with Gasteiger partial charge in [-0.2, -0.15) is 0 Å². The van der Waals surface area contributed by atoms with Crippen molar-refractivity contribution >= 4 is 5.91 Å². The maximum atomic E-state index is 11.5. The van der Waals surface area contributed by atoms with Crippen LogP contribution in [0.3, 0.4) is 0 Å². The number of H-pyrrole nitrogens is 2. The van der Waals surface area contributed by atoms with Crippen molar-refractivity contribution in [1.82, 2.24) is 20.4 Å². The largest absolute Gasteiger partial charge is 0.355 e. The molecule has 0 atom stereocenters. The number of nitrogens with one attached hydrogen (secondary N) is 3. The molecule has 0 aliphatic heterocycles. The van der Waals surface area contributed by atoms with Gasteiger partial charge in [0.2, 0.25) is 11.3 Å². The van der Waals surface area contributed by atoms with Gasteiger partial charge >= 0.3 is 5.56 Å². The van der Waals surface area contributed by atoms with Gasteiger partial charge < -0.3 is 15.3 Å². The fraction of sp³-hybridized carbons (Fsp3) is 0.545. The smallest absolute Gasteiger partial charge is 0.310 e. The molecule has 0 saturated heterocycles. The first-order valence-corrected chi connectivity index (χ1v) is 5.71. The van der Waals surface area contributed by atoms with Crippen molar-refractivity contribution in [3.63, 3.8) is 0 Å². The van der Waals surface area contributed by atoms with Crippen LogP contribution < -0.4 is 16.3 Å². The first-order valence-electron chi connectivity index (χ1n) is 5.71. The van der Waals surface area contributed by atoms with Gasteiger partial charge in [0.15, 0.2) is 0 Å². The van der Waals surface area contributed by atoms with Crippen molar-refractivity contribution in [1.29, 1.82) is 0 Å². The van der Waals surface area contributed by atoms with Crippen LogP contribution in [0.4, 0.5) is 0 Å². The second-order valence-electron chi connectivity index (χ2n) is 4.27. The van der Waals surface area contributed by atoms with Crippen molar-refractivity contribution in [2.75, 3.05) is 27.2 Å². The van der Waals surface area contributed by atoms with Gasteiger partial charge in [-0.3, -0.25) is 19.5 Å². The van der Waals surface area contributed by atoms with Gasteiger partial charge in [0, 0.05) is 31.3 Å². The summed E-state index contributed by atoms with van der Waals surface area (Å²) in [7, 11) is 3.86. The quantitative estimate of drug-likeness (QED) is 0.548. The Hall–Kier alpha value is -1.89. The number of nitrogens with zero attached hydrogens (tertiary/aromatic N) is 1. The third kappa shape index (κ3) is 4.96. The molecule has 1 rings (SSSR count). The number of amides is 1. The number of carbonyl (C=O) groups is 1. The number of hydrogen-bond donors (Lipinski definition) is 3. The van der Waals surface area contributed by atoms with Gasteiger partial charge in [0.1, 0.15) is 0 Å². The Kier molecular flexibility index (Phi) is 5.31. The van der Waals surface area contributed by atoms with E-state index in [0.29, 0.717) is 18.7 Å². The number of carbonyl (C=O) groups excluding carboxylic acids is 1. The molecule has 3 N–H and O–H groups in total. The molecule has 7 heteroatoms. The molecule has 0 spiro atoms. The van der Waals surface area contributed by atoms with Crippen LogP contribution in [0.2, 0.25) is 0 Å². The average molecular weight is 254 g/mol. The van der Waals surface area contributed by atoms with Gasteiger partial charge in [-0.05, 0) is 20.5 Å². The molecule has 0 aliphatic rings. The summed E-state index contributed by atoms with van der Waals surface area (Å²) in [5.41, 5.74) is -0.742. The van der Waals surface area contributed by atoms with Crippen molar-refractivity contribution in [3.8, 4) is 0 Å². The molecule has 0 unspecified atom stereocenters. The number of hydrogen-bond acceptors (Lipinski definition) is 4. The monoisotopic (exact) mass is 254 g/mol. The molecule has 1 aromatic heterocycles. The lowest BCUT2D eigenvalue weighted by Crippen LogP contribution is -2.32. The van der Waals surface area contributed by atoms with Crippen molar-refractivity contribution in [2.24, 2.45) is 0 Å². The number of likely N-dealkylation sites (N-methyl/N-ethyl adjacent to an activating group) is 1. The molecule has 1 amide bonds. The third-order valence-corrected chi connectivity index (χ3v) is 2.37. The zero-order chi connectivity index (χ0) is 13.5. The van der Waals surface area contributed by atoms with E-state index in [1.807, 2.05) is 19.0 Å². The van der Waals surface area contributed by atoms with Crippen LogP contribution >= 0.6 is 0 Å². The Bertz CT molecular complexity index is 504. The predicted molar refractivity (Wildman–Crippen MR) is 67.6 cm³/mol. The fourth-order valence-corrected chi connectivity index (χ4v) is 1.35. The van der Waals surface area contributed by atoms with Crippen LogP contribution in [0.5, 0.6) is 0 Å². The molecule has 0 bridgehead atoms. The standard InChI is InChI=1S/C11H18N4O3/c1-15(2)6-5-12-10(17)4-3-8-7-9(16)11(18)14-13-8/h7H,3-6H2,1-2H3,(H,12,17)(H,13,16)(H,14,18). The highest BCUT2D eigenvalue weighted by Crippen LogP contribution is 1.93. The predicted octanol–water partition coefficient (Wildman–Crippen LogP) is -1.33. The molecule has 0 aromatic carbocycles. The van der Waals surface area contributed by atoms with E-state index in [1.165, 1.54) is 6.07 Å². The lowest BCUT2D eigenvalue weighted by molar-refractivity contribution is -0.121. The first kappa shape index (κ1) is 14.2. The van der Waals surface area contributed by atoms with E-state index in [2.05, 4.69) is 15.5 Å². The zero-order valence-electron chi connectivity index (χ0n) is 10.6. The molecular weight excluding hydrogens is 236 g/mol. The van der Waals surface area contributed by atoms with Gasteiger partial charge in [-0.25, -0.2) is 0 Å². The molecule has 0 saturated carbocycles. The Labute approximate surface area is 104 Å². The van der Waals surface area contributed by atoms with Crippen LogP contribution in [0.25, 0.3) is 0 Å². The topological polar surface area (TPSA) is 98.1 Å². The number of aromatic nitrogens is 2. The van der Waals surface area contributed by atoms with Crippen molar-refractivity contribution in [2.45, 2.75) is 12.8 Å². The van der Waals surface area contributed by atoms with Crippen LogP contribution in [-0.2, 0) is 11.2 Å². The molecule has 7 nitrogen and oxygen atoms in total. The Morgan fingerprint density at radius 1 is 1.33 bits per heavy atom. The van der Waals surface area contributed by atoms with E-state index in [0.717, 1.165) is 6.54 Å². The summed E-state index contributed by atoms with van der Waals surface area (Å²) in [4.78, 5) is 35.3. The van der Waals surface area contributed by atoms with Crippen LogP contribution in [0.15, 0.2) is 15.7 Å². The molecule has 0 aliphatic carbocycles. The summed E-state index contributed by atoms with van der Waals surface area (Å²) in [5.74, 6) is -0.0797. The van der Waals surface area contributed by atoms with Crippen molar-refractivity contribution < 1.29 is 4.79 Å². The number of aromatic amines is 2. The summed E-state index contributed by atoms with van der Waals surface area (Å²) < 4.78 is 0. The second kappa shape index (κ2) is 6.75. The molecule has 18 heavy (non-hydrogen) atoms. The number of rotatable bonds is 6. The molecule has 1 heterocycles. The highest BCUT2D eigenvalue weighted by Gasteiger charge is 2.03. The lowest BCUT2D eigenvalue weighted by Gasteiger charge is -2.10. The van der Waals surface area contributed by atoms with Crippen molar-refractivity contribution in [3.05, 3.63) is 32.3 Å². The maximum absolute atomic E-state index is 11.5. The molecular formula is C11H18N4O3. The van der Waals surface area contributed by atoms with E-state index in [1.54, 1.807) is 0 Å². The minimum atomic E-state index is -0.686. The minimum absolute atomic E-state index is 0.0797. The first-order chi connectivity index (χ1) is 8.49. The SMILES string of the molecule is CN(C)CCNC(=O)CCc1cc(=O)c(=O)[nH][nH]1. The average Bonchev–Trinajstić information content (AvgIpc) is 2.30. The highest BCUT2D eigenvalue weighted by molar-refractivity contribution is 5.76. The summed E-state index contributed by atoms with van der Waals surface area (Å²) in [6.45, 7) is 1.37. The summed E-state index contributed by atoms with van der Waals surface area (Å²) >= 11 is 0. The molecule has 0 radical (unpaired) electrons. The Morgan fingerprint density at radius 2 is 2.06 bits per heavy atom. The number of aryl methyl sites for hydroxylation is 1.